The van der Waals surface area contributed by atoms with Crippen LogP contribution in [-0.4, -0.2) is 6.71 Å². The van der Waals surface area contributed by atoms with Crippen LogP contribution in [0, 0.1) is 0 Å². The summed E-state index contributed by atoms with van der Waals surface area (Å²) in [6, 6.07) is 42.4. The fourth-order valence-corrected chi connectivity index (χ4v) is 16.9. The minimum absolute atomic E-state index is 0.0162. The van der Waals surface area contributed by atoms with Gasteiger partial charge in [0.25, 0.3) is 6.71 Å². The first-order valence-electron chi connectivity index (χ1n) is 28.1. The molecule has 0 N–H and O–H groups in total. The third-order valence-corrected chi connectivity index (χ3v) is 21.4. The number of anilines is 6. The summed E-state index contributed by atoms with van der Waals surface area (Å²) in [4.78, 5) is 5.56. The predicted octanol–water partition coefficient (Wildman–Crippen LogP) is 17.7. The molecule has 0 saturated heterocycles. The molecule has 3 heterocycles. The summed E-state index contributed by atoms with van der Waals surface area (Å²) in [5.41, 5.74) is 26.1. The van der Waals surface area contributed by atoms with Gasteiger partial charge in [0.2, 0.25) is 0 Å². The van der Waals surface area contributed by atoms with Crippen LogP contribution in [0.3, 0.4) is 0 Å². The normalized spacial score (nSPS) is 23.4. The van der Waals surface area contributed by atoms with E-state index in [9.17, 15) is 0 Å². The van der Waals surface area contributed by atoms with Gasteiger partial charge in [0.15, 0.2) is 0 Å². The van der Waals surface area contributed by atoms with Crippen LogP contribution in [0.5, 0.6) is 0 Å². The molecule has 4 aliphatic carbocycles. The Hall–Kier alpha value is -5.06. The average Bonchev–Trinajstić information content (AvgIpc) is 3.96. The van der Waals surface area contributed by atoms with Crippen molar-refractivity contribution < 1.29 is 0 Å². The lowest BCUT2D eigenvalue weighted by atomic mass is 9.35. The summed E-state index contributed by atoms with van der Waals surface area (Å²) in [6.45, 7) is 39.6. The van der Waals surface area contributed by atoms with Crippen molar-refractivity contribution in [1.29, 1.82) is 0 Å². The fraction of sp³-hybridized carbons (Fsp3) is 0.449. The van der Waals surface area contributed by atoms with Crippen LogP contribution in [0.2, 0.25) is 0 Å². The van der Waals surface area contributed by atoms with Crippen LogP contribution in [-0.2, 0) is 43.3 Å². The number of thiophene rings is 1. The Labute approximate surface area is 443 Å². The highest BCUT2D eigenvalue weighted by Crippen LogP contribution is 2.63. The first-order valence-corrected chi connectivity index (χ1v) is 28.9. The summed E-state index contributed by atoms with van der Waals surface area (Å²) < 4.78 is 2.93. The highest BCUT2D eigenvalue weighted by molar-refractivity contribution is 7.33. The third-order valence-electron chi connectivity index (χ3n) is 20.2. The molecule has 2 nitrogen and oxygen atoms in total. The second-order valence-corrected chi connectivity index (χ2v) is 30.4. The molecule has 4 heteroatoms. The summed E-state index contributed by atoms with van der Waals surface area (Å²) in [7, 11) is 0. The van der Waals surface area contributed by atoms with E-state index in [0.29, 0.717) is 0 Å². The maximum absolute atomic E-state index is 2.81. The van der Waals surface area contributed by atoms with Gasteiger partial charge in [-0.3, -0.25) is 0 Å². The number of rotatable bonds is 3. The van der Waals surface area contributed by atoms with Gasteiger partial charge in [-0.2, -0.15) is 0 Å². The topological polar surface area (TPSA) is 6.48 Å². The zero-order chi connectivity index (χ0) is 51.5. The molecule has 2 aliphatic heterocycles. The maximum atomic E-state index is 2.81. The monoisotopic (exact) mass is 979 g/mol. The Morgan fingerprint density at radius 3 is 1.66 bits per heavy atom. The second-order valence-electron chi connectivity index (χ2n) is 29.3. The van der Waals surface area contributed by atoms with E-state index in [1.807, 2.05) is 0 Å². The van der Waals surface area contributed by atoms with Crippen molar-refractivity contribution in [3.8, 4) is 11.1 Å². The molecule has 13 rings (SSSR count). The van der Waals surface area contributed by atoms with Crippen molar-refractivity contribution in [2.45, 2.75) is 199 Å². The summed E-state index contributed by atoms with van der Waals surface area (Å²) in [6.07, 6.45) is 8.51. The van der Waals surface area contributed by atoms with Crippen molar-refractivity contribution in [2.24, 2.45) is 0 Å². The van der Waals surface area contributed by atoms with Gasteiger partial charge in [-0.25, -0.2) is 0 Å². The predicted molar refractivity (Wildman–Crippen MR) is 318 cm³/mol. The highest BCUT2D eigenvalue weighted by Gasteiger charge is 2.54. The van der Waals surface area contributed by atoms with Gasteiger partial charge in [0, 0.05) is 43.2 Å². The van der Waals surface area contributed by atoms with Crippen molar-refractivity contribution in [3.63, 3.8) is 0 Å². The summed E-state index contributed by atoms with van der Waals surface area (Å²) >= 11 is 2.10. The van der Waals surface area contributed by atoms with Crippen LogP contribution in [0.15, 0.2) is 103 Å². The minimum atomic E-state index is -0.123. The first-order chi connectivity index (χ1) is 34.1. The molecule has 6 aliphatic rings. The zero-order valence-corrected chi connectivity index (χ0v) is 48.0. The van der Waals surface area contributed by atoms with Crippen LogP contribution in [0.1, 0.15) is 200 Å². The van der Waals surface area contributed by atoms with Crippen LogP contribution in [0.25, 0.3) is 21.2 Å². The van der Waals surface area contributed by atoms with Gasteiger partial charge in [-0.05, 0) is 198 Å². The number of hydrogen-bond donors (Lipinski definition) is 0. The largest absolute Gasteiger partial charge is 0.311 e. The number of benzene rings is 6. The lowest BCUT2D eigenvalue weighted by Crippen LogP contribution is -2.61. The van der Waals surface area contributed by atoms with Crippen molar-refractivity contribution in [1.82, 2.24) is 0 Å². The van der Waals surface area contributed by atoms with Gasteiger partial charge in [0.1, 0.15) is 0 Å². The van der Waals surface area contributed by atoms with E-state index in [2.05, 4.69) is 235 Å². The molecule has 0 spiro atoms. The molecule has 73 heavy (non-hydrogen) atoms. The van der Waals surface area contributed by atoms with E-state index >= 15 is 0 Å². The number of hydrogen-bond acceptors (Lipinski definition) is 3. The van der Waals surface area contributed by atoms with E-state index in [1.165, 1.54) is 143 Å². The fourth-order valence-electron chi connectivity index (χ4n) is 15.5. The molecule has 2 unspecified atom stereocenters. The molecule has 2 bridgehead atoms. The van der Waals surface area contributed by atoms with Crippen molar-refractivity contribution >= 4 is 78.0 Å². The van der Waals surface area contributed by atoms with Crippen LogP contribution < -0.4 is 25.5 Å². The van der Waals surface area contributed by atoms with Gasteiger partial charge in [0.05, 0.1) is 11.4 Å². The lowest BCUT2D eigenvalue weighted by molar-refractivity contribution is 0.332. The Kier molecular flexibility index (Phi) is 9.70. The Morgan fingerprint density at radius 2 is 1.04 bits per heavy atom. The van der Waals surface area contributed by atoms with Crippen LogP contribution in [0.4, 0.5) is 34.1 Å². The molecule has 7 aromatic rings. The summed E-state index contributed by atoms with van der Waals surface area (Å²) in [5, 5.41) is 1.43. The molecule has 2 atom stereocenters. The molecular weight excluding hydrogens is 900 g/mol. The smallest absolute Gasteiger partial charge is 0.264 e. The summed E-state index contributed by atoms with van der Waals surface area (Å²) in [5.74, 6) is 0. The van der Waals surface area contributed by atoms with Gasteiger partial charge < -0.3 is 9.80 Å². The second kappa shape index (κ2) is 14.9. The molecule has 0 amide bonds. The lowest BCUT2D eigenvalue weighted by Gasteiger charge is -2.48. The molecule has 374 valence electrons. The quantitative estimate of drug-likeness (QED) is 0.163. The molecule has 0 radical (unpaired) electrons. The molecule has 1 fully saturated rings. The van der Waals surface area contributed by atoms with Gasteiger partial charge in [-0.15, -0.1) is 11.3 Å². The first kappa shape index (κ1) is 47.6. The Morgan fingerprint density at radius 1 is 0.479 bits per heavy atom. The zero-order valence-electron chi connectivity index (χ0n) is 47.1. The molecule has 1 saturated carbocycles. The number of nitrogens with zero attached hydrogens (tertiary/aromatic N) is 2. The number of fused-ring (bicyclic) bond motifs is 13. The van der Waals surface area contributed by atoms with Crippen LogP contribution >= 0.6 is 11.3 Å². The third kappa shape index (κ3) is 6.72. The van der Waals surface area contributed by atoms with Crippen molar-refractivity contribution in [3.05, 3.63) is 148 Å². The Bertz CT molecular complexity index is 3500. The van der Waals surface area contributed by atoms with E-state index < -0.39 is 0 Å². The minimum Gasteiger partial charge on any atom is -0.311 e. The molecule has 1 aromatic heterocycles. The van der Waals surface area contributed by atoms with E-state index in [4.69, 9.17) is 0 Å². The van der Waals surface area contributed by atoms with Gasteiger partial charge >= 0.3 is 0 Å². The van der Waals surface area contributed by atoms with E-state index in [1.54, 1.807) is 11.1 Å². The van der Waals surface area contributed by atoms with Gasteiger partial charge in [-0.1, -0.05) is 165 Å². The maximum Gasteiger partial charge on any atom is 0.264 e. The molecule has 6 aromatic carbocycles. The van der Waals surface area contributed by atoms with E-state index in [0.717, 1.165) is 6.42 Å². The molecular formula is C69H79BN2S. The highest BCUT2D eigenvalue weighted by atomic mass is 32.1. The van der Waals surface area contributed by atoms with Crippen molar-refractivity contribution in [2.75, 3.05) is 9.80 Å². The Balaban J connectivity index is 1.20. The SMILES string of the molecule is CC(C)(C)c1ccc(N2c3cc(C(C)(C)C)cc4c3B(c3cc5c(cc3N4c3ccc4c(c3-c3ccccc3)C(C)(C)CCC4(C)C)C(C)(C)CCC5(C)C)c3sc4cc5c(cc4c32)C2(C)CCC5(C)C2)cc1. The standard InChI is InChI=1S/C69H79BN2S/c1-62(2,3)42-22-24-44(25-23-42)71-54-34-43(63(4,5)6)35-55-59(54)70(61-60(71)45-36-49-50(39-56(45)73-61)69(16)33-32-68(49,15)40-69)51-37-47-48(66(11,12)29-28-65(47,9)10)38-53(51)72(55)52-27-26-46-58(57(52)41-20-18-17-19-21-41)67(13,14)31-30-64(46,7)8/h17-27,34-39H,28-33,40H2,1-16H3. The average molecular weight is 979 g/mol. The van der Waals surface area contributed by atoms with E-state index in [-0.39, 0.29) is 50.0 Å².